The summed E-state index contributed by atoms with van der Waals surface area (Å²) < 4.78 is 26.8. The Hall–Kier alpha value is -3.58. The number of azide groups is 1. The molecule has 0 saturated heterocycles. The van der Waals surface area contributed by atoms with Crippen LogP contribution in [0.2, 0.25) is 0 Å². The lowest BCUT2D eigenvalue weighted by molar-refractivity contribution is 0.0326. The zero-order valence-corrected chi connectivity index (χ0v) is 14.5. The van der Waals surface area contributed by atoms with Gasteiger partial charge in [0.25, 0.3) is 0 Å². The molecule has 0 amide bonds. The molecular weight excluding hydrogens is 354 g/mol. The second-order valence-electron chi connectivity index (χ2n) is 5.85. The highest BCUT2D eigenvalue weighted by Crippen LogP contribution is 2.48. The first-order valence-corrected chi connectivity index (χ1v) is 8.07. The molecule has 2 aliphatic heterocycles. The summed E-state index contributed by atoms with van der Waals surface area (Å²) in [5.41, 5.74) is 10.5. The van der Waals surface area contributed by atoms with Crippen molar-refractivity contribution in [3.8, 4) is 23.0 Å². The van der Waals surface area contributed by atoms with Gasteiger partial charge in [0.15, 0.2) is 23.0 Å². The van der Waals surface area contributed by atoms with Crippen LogP contribution >= 0.6 is 0 Å². The molecule has 0 fully saturated rings. The average Bonchev–Trinajstić information content (AvgIpc) is 3.29. The van der Waals surface area contributed by atoms with E-state index in [9.17, 15) is 4.79 Å². The molecular formula is C18H15N3O6. The van der Waals surface area contributed by atoms with E-state index in [1.165, 1.54) is 14.2 Å². The maximum absolute atomic E-state index is 12.5. The number of hydrogen-bond acceptors (Lipinski definition) is 7. The third kappa shape index (κ3) is 2.65. The second kappa shape index (κ2) is 6.62. The van der Waals surface area contributed by atoms with E-state index in [1.54, 1.807) is 30.3 Å². The lowest BCUT2D eigenvalue weighted by Crippen LogP contribution is -2.09. The van der Waals surface area contributed by atoms with Crippen molar-refractivity contribution in [2.75, 3.05) is 21.0 Å². The molecule has 0 spiro atoms. The third-order valence-corrected chi connectivity index (χ3v) is 4.52. The standard InChI is InChI=1S/C18H15N3O6/c1-23-12-6-4-10-14(17(12)24-2)18(22)27-16(10)15(20-21-19)9-3-5-11-13(7-9)26-8-25-11/h3-7,15-16H,8H2,1-2H3/t15-,16-/m0/s1. The predicted molar refractivity (Wildman–Crippen MR) is 92.2 cm³/mol. The largest absolute Gasteiger partial charge is 0.493 e. The van der Waals surface area contributed by atoms with Gasteiger partial charge in [-0.2, -0.15) is 0 Å². The van der Waals surface area contributed by atoms with Gasteiger partial charge in [-0.05, 0) is 29.3 Å². The normalized spacial score (nSPS) is 17.6. The SMILES string of the molecule is COc1ccc2c(c1OC)C(=O)O[C@@H]2[C@@H](N=[N+]=[N-])c1ccc2c(c1)OCO2. The highest BCUT2D eigenvalue weighted by molar-refractivity contribution is 5.98. The van der Waals surface area contributed by atoms with Gasteiger partial charge < -0.3 is 23.7 Å². The lowest BCUT2D eigenvalue weighted by Gasteiger charge is -2.19. The number of methoxy groups -OCH3 is 2. The van der Waals surface area contributed by atoms with Crippen LogP contribution in [0, 0.1) is 0 Å². The number of ether oxygens (including phenoxy) is 5. The van der Waals surface area contributed by atoms with E-state index in [2.05, 4.69) is 10.0 Å². The van der Waals surface area contributed by atoms with Crippen molar-refractivity contribution in [1.82, 2.24) is 0 Å². The Morgan fingerprint density at radius 1 is 1.19 bits per heavy atom. The smallest absolute Gasteiger partial charge is 0.343 e. The molecule has 9 nitrogen and oxygen atoms in total. The van der Waals surface area contributed by atoms with Crippen LogP contribution in [0.5, 0.6) is 23.0 Å². The maximum atomic E-state index is 12.5. The molecule has 0 saturated carbocycles. The summed E-state index contributed by atoms with van der Waals surface area (Å²) in [6.45, 7) is 0.128. The minimum Gasteiger partial charge on any atom is -0.493 e. The average molecular weight is 369 g/mol. The fraction of sp³-hybridized carbons (Fsp3) is 0.278. The van der Waals surface area contributed by atoms with Gasteiger partial charge in [0.2, 0.25) is 6.79 Å². The summed E-state index contributed by atoms with van der Waals surface area (Å²) in [7, 11) is 2.93. The van der Waals surface area contributed by atoms with Crippen molar-refractivity contribution in [3.63, 3.8) is 0 Å². The van der Waals surface area contributed by atoms with E-state index in [0.29, 0.717) is 28.4 Å². The fourth-order valence-electron chi connectivity index (χ4n) is 3.32. The van der Waals surface area contributed by atoms with E-state index in [0.717, 1.165) is 0 Å². The van der Waals surface area contributed by atoms with Crippen molar-refractivity contribution >= 4 is 5.97 Å². The van der Waals surface area contributed by atoms with Gasteiger partial charge in [0.1, 0.15) is 17.7 Å². The Morgan fingerprint density at radius 3 is 2.74 bits per heavy atom. The number of carbonyl (C=O) groups excluding carboxylic acids is 1. The van der Waals surface area contributed by atoms with Gasteiger partial charge in [0.05, 0.1) is 14.2 Å². The lowest BCUT2D eigenvalue weighted by atomic mass is 9.94. The summed E-state index contributed by atoms with van der Waals surface area (Å²) in [6, 6.07) is 7.80. The van der Waals surface area contributed by atoms with Crippen LogP contribution in [0.4, 0.5) is 0 Å². The Kier molecular flexibility index (Phi) is 4.13. The summed E-state index contributed by atoms with van der Waals surface area (Å²) in [6.07, 6.45) is -0.802. The molecule has 4 rings (SSSR count). The monoisotopic (exact) mass is 369 g/mol. The summed E-state index contributed by atoms with van der Waals surface area (Å²) in [4.78, 5) is 15.4. The molecule has 0 aromatic heterocycles. The number of hydrogen-bond donors (Lipinski definition) is 0. The minimum absolute atomic E-state index is 0.128. The minimum atomic E-state index is -0.802. The number of carbonyl (C=O) groups is 1. The number of fused-ring (bicyclic) bond motifs is 2. The Balaban J connectivity index is 1.81. The van der Waals surface area contributed by atoms with E-state index in [4.69, 9.17) is 29.2 Å². The van der Waals surface area contributed by atoms with Gasteiger partial charge in [-0.25, -0.2) is 4.79 Å². The fourth-order valence-corrected chi connectivity index (χ4v) is 3.32. The van der Waals surface area contributed by atoms with Gasteiger partial charge in [-0.15, -0.1) is 0 Å². The Morgan fingerprint density at radius 2 is 2.00 bits per heavy atom. The van der Waals surface area contributed by atoms with Crippen LogP contribution in [0.15, 0.2) is 35.4 Å². The summed E-state index contributed by atoms with van der Waals surface area (Å²) in [5, 5.41) is 3.87. The van der Waals surface area contributed by atoms with Crippen molar-refractivity contribution < 1.29 is 28.5 Å². The Labute approximate surface area is 154 Å². The molecule has 2 aromatic carbocycles. The molecule has 2 heterocycles. The molecule has 27 heavy (non-hydrogen) atoms. The van der Waals surface area contributed by atoms with Crippen molar-refractivity contribution in [2.45, 2.75) is 12.1 Å². The number of rotatable bonds is 5. The molecule has 9 heteroatoms. The first-order chi connectivity index (χ1) is 13.2. The number of cyclic esters (lactones) is 1. The van der Waals surface area contributed by atoms with Crippen LogP contribution in [0.3, 0.4) is 0 Å². The van der Waals surface area contributed by atoms with Crippen molar-refractivity contribution in [1.29, 1.82) is 0 Å². The molecule has 0 aliphatic carbocycles. The van der Waals surface area contributed by atoms with Crippen LogP contribution < -0.4 is 18.9 Å². The van der Waals surface area contributed by atoms with E-state index in [-0.39, 0.29) is 18.1 Å². The topological polar surface area (TPSA) is 112 Å². The molecule has 0 radical (unpaired) electrons. The molecule has 2 aliphatic rings. The van der Waals surface area contributed by atoms with Crippen molar-refractivity contribution in [2.24, 2.45) is 5.11 Å². The summed E-state index contributed by atoms with van der Waals surface area (Å²) >= 11 is 0. The van der Waals surface area contributed by atoms with Gasteiger partial charge in [-0.3, -0.25) is 0 Å². The highest BCUT2D eigenvalue weighted by Gasteiger charge is 2.40. The quantitative estimate of drug-likeness (QED) is 0.344. The van der Waals surface area contributed by atoms with Crippen LogP contribution in [0.25, 0.3) is 10.4 Å². The third-order valence-electron chi connectivity index (χ3n) is 4.52. The maximum Gasteiger partial charge on any atom is 0.343 e. The Bertz CT molecular complexity index is 970. The van der Waals surface area contributed by atoms with E-state index < -0.39 is 18.1 Å². The number of nitrogens with zero attached hydrogens (tertiary/aromatic N) is 3. The zero-order valence-electron chi connectivity index (χ0n) is 14.5. The molecule has 0 unspecified atom stereocenters. The van der Waals surface area contributed by atoms with Gasteiger partial charge in [0, 0.05) is 10.5 Å². The first-order valence-electron chi connectivity index (χ1n) is 8.07. The van der Waals surface area contributed by atoms with Gasteiger partial charge >= 0.3 is 5.97 Å². The molecule has 0 bridgehead atoms. The summed E-state index contributed by atoms with van der Waals surface area (Å²) in [5.74, 6) is 1.28. The number of esters is 1. The van der Waals surface area contributed by atoms with E-state index in [1.807, 2.05) is 0 Å². The second-order valence-corrected chi connectivity index (χ2v) is 5.85. The molecule has 138 valence electrons. The molecule has 2 atom stereocenters. The van der Waals surface area contributed by atoms with Crippen LogP contribution in [-0.4, -0.2) is 27.0 Å². The van der Waals surface area contributed by atoms with Crippen LogP contribution in [0.1, 0.15) is 33.6 Å². The zero-order chi connectivity index (χ0) is 19.0. The highest BCUT2D eigenvalue weighted by atomic mass is 16.7. The molecule has 0 N–H and O–H groups in total. The van der Waals surface area contributed by atoms with Crippen molar-refractivity contribution in [3.05, 3.63) is 57.5 Å². The van der Waals surface area contributed by atoms with Gasteiger partial charge in [-0.1, -0.05) is 17.2 Å². The molecule has 2 aromatic rings. The predicted octanol–water partition coefficient (Wildman–Crippen LogP) is 3.70. The number of benzene rings is 2. The van der Waals surface area contributed by atoms with E-state index >= 15 is 0 Å². The first kappa shape index (κ1) is 16.9. The van der Waals surface area contributed by atoms with Crippen LogP contribution in [-0.2, 0) is 4.74 Å².